The molecule has 0 radical (unpaired) electrons. The molecule has 0 spiro atoms. The summed E-state index contributed by atoms with van der Waals surface area (Å²) < 4.78 is 27.4. The molecule has 110 valence electrons. The van der Waals surface area contributed by atoms with Gasteiger partial charge in [0.25, 0.3) is 0 Å². The van der Waals surface area contributed by atoms with Gasteiger partial charge in [-0.3, -0.25) is 4.79 Å². The van der Waals surface area contributed by atoms with Crippen molar-refractivity contribution in [2.75, 3.05) is 19.8 Å². The zero-order valence-corrected chi connectivity index (χ0v) is 11.9. The number of primary sulfonamides is 1. The molecule has 0 aliphatic carbocycles. The Kier molecular flexibility index (Phi) is 4.74. The highest BCUT2D eigenvalue weighted by Gasteiger charge is 2.22. The zero-order valence-electron chi connectivity index (χ0n) is 11.0. The number of benzene rings is 1. The third kappa shape index (κ3) is 4.03. The van der Waals surface area contributed by atoms with Gasteiger partial charge in [-0.05, 0) is 30.5 Å². The summed E-state index contributed by atoms with van der Waals surface area (Å²) in [6.07, 6.45) is 1.42. The van der Waals surface area contributed by atoms with Gasteiger partial charge in [0.05, 0.1) is 17.4 Å². The van der Waals surface area contributed by atoms with Crippen LogP contribution in [-0.2, 0) is 26.0 Å². The van der Waals surface area contributed by atoms with E-state index in [1.54, 1.807) is 12.1 Å². The number of carbonyl (C=O) groups is 1. The van der Waals surface area contributed by atoms with Crippen LogP contribution in [0.1, 0.15) is 12.0 Å². The van der Waals surface area contributed by atoms with E-state index in [0.29, 0.717) is 26.2 Å². The van der Waals surface area contributed by atoms with Crippen molar-refractivity contribution < 1.29 is 17.9 Å². The minimum absolute atomic E-state index is 0.0173. The molecular formula is C13H18N2O4S. The third-order valence-electron chi connectivity index (χ3n) is 3.27. The molecule has 1 aromatic carbocycles. The van der Waals surface area contributed by atoms with Gasteiger partial charge in [0.15, 0.2) is 0 Å². The Bertz CT molecular complexity index is 563. The van der Waals surface area contributed by atoms with Gasteiger partial charge < -0.3 is 10.1 Å². The normalized spacial score (nSPS) is 18.9. The van der Waals surface area contributed by atoms with Crippen molar-refractivity contribution in [3.63, 3.8) is 0 Å². The van der Waals surface area contributed by atoms with Crippen molar-refractivity contribution in [1.29, 1.82) is 0 Å². The maximum absolute atomic E-state index is 11.7. The lowest BCUT2D eigenvalue weighted by molar-refractivity contribution is -0.124. The first-order valence-corrected chi connectivity index (χ1v) is 7.98. The molecular weight excluding hydrogens is 280 g/mol. The molecule has 1 fully saturated rings. The maximum atomic E-state index is 11.7. The van der Waals surface area contributed by atoms with Crippen molar-refractivity contribution in [2.24, 2.45) is 11.1 Å². The summed E-state index contributed by atoms with van der Waals surface area (Å²) in [4.78, 5) is 11.8. The molecule has 2 rings (SSSR count). The average Bonchev–Trinajstić information content (AvgIpc) is 2.92. The van der Waals surface area contributed by atoms with E-state index >= 15 is 0 Å². The van der Waals surface area contributed by atoms with Crippen LogP contribution in [0.15, 0.2) is 29.2 Å². The van der Waals surface area contributed by atoms with Crippen molar-refractivity contribution >= 4 is 15.9 Å². The van der Waals surface area contributed by atoms with E-state index in [2.05, 4.69) is 5.32 Å². The summed E-state index contributed by atoms with van der Waals surface area (Å²) in [6, 6.07) is 6.34. The first-order chi connectivity index (χ1) is 9.47. The fourth-order valence-corrected chi connectivity index (χ4v) is 2.58. The number of amides is 1. The smallest absolute Gasteiger partial charge is 0.238 e. The van der Waals surface area contributed by atoms with Gasteiger partial charge in [-0.25, -0.2) is 13.6 Å². The lowest BCUT2D eigenvalue weighted by Gasteiger charge is -2.09. The minimum atomic E-state index is -3.65. The van der Waals surface area contributed by atoms with Gasteiger partial charge in [0.1, 0.15) is 0 Å². The third-order valence-corrected chi connectivity index (χ3v) is 4.19. The lowest BCUT2D eigenvalue weighted by atomic mass is 10.1. The molecule has 20 heavy (non-hydrogen) atoms. The molecule has 1 unspecified atom stereocenters. The highest BCUT2D eigenvalue weighted by molar-refractivity contribution is 7.89. The Labute approximate surface area is 118 Å². The Morgan fingerprint density at radius 1 is 1.35 bits per heavy atom. The number of rotatable bonds is 5. The van der Waals surface area contributed by atoms with Crippen LogP contribution < -0.4 is 10.5 Å². The van der Waals surface area contributed by atoms with Crippen molar-refractivity contribution in [1.82, 2.24) is 5.32 Å². The van der Waals surface area contributed by atoms with Gasteiger partial charge >= 0.3 is 0 Å². The largest absolute Gasteiger partial charge is 0.381 e. The Hall–Kier alpha value is -1.44. The highest BCUT2D eigenvalue weighted by atomic mass is 32.2. The molecule has 0 bridgehead atoms. The zero-order chi connectivity index (χ0) is 14.6. The van der Waals surface area contributed by atoms with Crippen molar-refractivity contribution in [3.05, 3.63) is 29.8 Å². The molecule has 1 aliphatic rings. The maximum Gasteiger partial charge on any atom is 0.238 e. The molecule has 1 saturated heterocycles. The highest BCUT2D eigenvalue weighted by Crippen LogP contribution is 2.12. The van der Waals surface area contributed by atoms with Crippen LogP contribution in [0, 0.1) is 5.92 Å². The van der Waals surface area contributed by atoms with Crippen LogP contribution in [0.5, 0.6) is 0 Å². The van der Waals surface area contributed by atoms with E-state index in [1.165, 1.54) is 12.1 Å². The van der Waals surface area contributed by atoms with Crippen LogP contribution in [0.4, 0.5) is 0 Å². The molecule has 1 amide bonds. The van der Waals surface area contributed by atoms with E-state index in [-0.39, 0.29) is 16.7 Å². The molecule has 7 heteroatoms. The van der Waals surface area contributed by atoms with Gasteiger partial charge in [-0.15, -0.1) is 0 Å². The Morgan fingerprint density at radius 2 is 2.05 bits per heavy atom. The molecule has 3 N–H and O–H groups in total. The van der Waals surface area contributed by atoms with Crippen LogP contribution in [-0.4, -0.2) is 34.1 Å². The molecule has 1 atom stereocenters. The van der Waals surface area contributed by atoms with Crippen LogP contribution >= 0.6 is 0 Å². The fourth-order valence-electron chi connectivity index (χ4n) is 2.06. The molecule has 0 saturated carbocycles. The molecule has 1 aliphatic heterocycles. The monoisotopic (exact) mass is 298 g/mol. The summed E-state index contributed by atoms with van der Waals surface area (Å²) in [6.45, 7) is 1.66. The molecule has 1 heterocycles. The van der Waals surface area contributed by atoms with E-state index in [1.807, 2.05) is 0 Å². The molecule has 6 nitrogen and oxygen atoms in total. The topological polar surface area (TPSA) is 98.5 Å². The van der Waals surface area contributed by atoms with Gasteiger partial charge in [-0.1, -0.05) is 12.1 Å². The predicted octanol–water partition coefficient (Wildman–Crippen LogP) is 0.0292. The van der Waals surface area contributed by atoms with Gasteiger partial charge in [-0.2, -0.15) is 0 Å². The van der Waals surface area contributed by atoms with Crippen molar-refractivity contribution in [2.45, 2.75) is 17.7 Å². The second kappa shape index (κ2) is 6.34. The number of nitrogens with two attached hydrogens (primary N) is 1. The predicted molar refractivity (Wildman–Crippen MR) is 73.5 cm³/mol. The number of hydrogen-bond donors (Lipinski definition) is 2. The number of hydrogen-bond acceptors (Lipinski definition) is 4. The summed E-state index contributed by atoms with van der Waals surface area (Å²) in [5.41, 5.74) is 0.945. The number of ether oxygens (including phenoxy) is 1. The van der Waals surface area contributed by atoms with Crippen molar-refractivity contribution in [3.8, 4) is 0 Å². The SMILES string of the molecule is NS(=O)(=O)c1ccc(CCNC(=O)C2CCOC2)cc1. The summed E-state index contributed by atoms with van der Waals surface area (Å²) >= 11 is 0. The first kappa shape index (κ1) is 15.0. The van der Waals surface area contributed by atoms with Crippen LogP contribution in [0.2, 0.25) is 0 Å². The quantitative estimate of drug-likeness (QED) is 0.801. The van der Waals surface area contributed by atoms with E-state index in [4.69, 9.17) is 9.88 Å². The summed E-state index contributed by atoms with van der Waals surface area (Å²) in [7, 11) is -3.65. The fraction of sp³-hybridized carbons (Fsp3) is 0.462. The van der Waals surface area contributed by atoms with Crippen LogP contribution in [0.25, 0.3) is 0 Å². The second-order valence-corrected chi connectivity index (χ2v) is 6.35. The van der Waals surface area contributed by atoms with E-state index in [0.717, 1.165) is 12.0 Å². The van der Waals surface area contributed by atoms with E-state index in [9.17, 15) is 13.2 Å². The average molecular weight is 298 g/mol. The van der Waals surface area contributed by atoms with Crippen LogP contribution in [0.3, 0.4) is 0 Å². The van der Waals surface area contributed by atoms with Gasteiger partial charge in [0.2, 0.25) is 15.9 Å². The summed E-state index contributed by atoms with van der Waals surface area (Å²) in [5, 5.41) is 7.88. The molecule has 0 aromatic heterocycles. The first-order valence-electron chi connectivity index (χ1n) is 6.44. The lowest BCUT2D eigenvalue weighted by Crippen LogP contribution is -2.32. The van der Waals surface area contributed by atoms with E-state index < -0.39 is 10.0 Å². The Balaban J connectivity index is 1.81. The molecule has 1 aromatic rings. The summed E-state index contributed by atoms with van der Waals surface area (Å²) in [5.74, 6) is -0.0246. The number of carbonyl (C=O) groups excluding carboxylic acids is 1. The number of nitrogens with one attached hydrogen (secondary N) is 1. The minimum Gasteiger partial charge on any atom is -0.381 e. The van der Waals surface area contributed by atoms with Gasteiger partial charge in [0, 0.05) is 13.2 Å². The second-order valence-electron chi connectivity index (χ2n) is 4.79. The standard InChI is InChI=1S/C13H18N2O4S/c14-20(17,18)12-3-1-10(2-4-12)5-7-15-13(16)11-6-8-19-9-11/h1-4,11H,5-9H2,(H,15,16)(H2,14,17,18). The Morgan fingerprint density at radius 3 is 2.60 bits per heavy atom. The number of sulfonamides is 1.